The minimum absolute atomic E-state index is 0.0833. The monoisotopic (exact) mass is 466 g/mol. The number of thiazole rings is 1. The average Bonchev–Trinajstić information content (AvgIpc) is 3.38. The smallest absolute Gasteiger partial charge is 0.235 e. The number of amidine groups is 1. The molecule has 0 radical (unpaired) electrons. The van der Waals surface area contributed by atoms with E-state index in [1.54, 1.807) is 23.1 Å². The number of benzene rings is 2. The van der Waals surface area contributed by atoms with Crippen molar-refractivity contribution in [2.24, 2.45) is 0 Å². The number of aliphatic hydroxyl groups is 1. The topological polar surface area (TPSA) is 97.6 Å². The zero-order valence-corrected chi connectivity index (χ0v) is 18.9. The summed E-state index contributed by atoms with van der Waals surface area (Å²) in [5.41, 5.74) is 3.44. The fraction of sp³-hybridized carbons (Fsp3) is 0.217. The maximum Gasteiger partial charge on any atom is 0.235 e. The van der Waals surface area contributed by atoms with Crippen molar-refractivity contribution in [2.75, 3.05) is 28.0 Å². The van der Waals surface area contributed by atoms with Crippen molar-refractivity contribution >= 4 is 44.1 Å². The Morgan fingerprint density at radius 1 is 1.03 bits per heavy atom. The van der Waals surface area contributed by atoms with E-state index < -0.39 is 10.0 Å². The summed E-state index contributed by atoms with van der Waals surface area (Å²) in [4.78, 5) is 6.32. The molecule has 164 valence electrons. The Bertz CT molecular complexity index is 1320. The first-order valence-corrected chi connectivity index (χ1v) is 12.8. The lowest BCUT2D eigenvalue weighted by molar-refractivity contribution is 0.411. The second-order valence-corrected chi connectivity index (χ2v) is 10.6. The normalized spacial score (nSPS) is 18.4. The van der Waals surface area contributed by atoms with E-state index in [4.69, 9.17) is 5.41 Å². The molecular weight excluding hydrogens is 444 g/mol. The predicted octanol–water partition coefficient (Wildman–Crippen LogP) is 4.51. The number of nitrogens with one attached hydrogen (secondary N) is 1. The van der Waals surface area contributed by atoms with Crippen LogP contribution in [0.3, 0.4) is 0 Å². The summed E-state index contributed by atoms with van der Waals surface area (Å²) in [5.74, 6) is 0.381. The molecular formula is C23H22N4O3S2. The van der Waals surface area contributed by atoms with Gasteiger partial charge in [0.05, 0.1) is 29.3 Å². The third-order valence-corrected chi connectivity index (χ3v) is 8.40. The minimum Gasteiger partial charge on any atom is -0.510 e. The Morgan fingerprint density at radius 3 is 2.59 bits per heavy atom. The first kappa shape index (κ1) is 20.7. The summed E-state index contributed by atoms with van der Waals surface area (Å²) in [6.07, 6.45) is 1.50. The SMILES string of the molecule is N=C1C(c2nc(-c3ccccc3)cs2)=C(O)CN1c1cccc(N2CCCCS2(=O)=O)c1. The van der Waals surface area contributed by atoms with Gasteiger partial charge in [0.1, 0.15) is 16.6 Å². The molecule has 1 fully saturated rings. The summed E-state index contributed by atoms with van der Waals surface area (Å²) < 4.78 is 26.5. The number of aromatic nitrogens is 1. The highest BCUT2D eigenvalue weighted by atomic mass is 32.2. The highest BCUT2D eigenvalue weighted by molar-refractivity contribution is 7.92. The van der Waals surface area contributed by atoms with Gasteiger partial charge in [0, 0.05) is 23.2 Å². The van der Waals surface area contributed by atoms with E-state index in [-0.39, 0.29) is 23.9 Å². The summed E-state index contributed by atoms with van der Waals surface area (Å²) in [6.45, 7) is 0.601. The summed E-state index contributed by atoms with van der Waals surface area (Å²) >= 11 is 1.39. The number of sulfonamides is 1. The van der Waals surface area contributed by atoms with Crippen LogP contribution in [0.5, 0.6) is 0 Å². The third-order valence-electron chi connectivity index (χ3n) is 5.67. The maximum atomic E-state index is 12.5. The summed E-state index contributed by atoms with van der Waals surface area (Å²) in [5, 5.41) is 21.9. The second-order valence-electron chi connectivity index (χ2n) is 7.78. The minimum atomic E-state index is -3.33. The quantitative estimate of drug-likeness (QED) is 0.590. The van der Waals surface area contributed by atoms with Crippen LogP contribution in [0.4, 0.5) is 11.4 Å². The van der Waals surface area contributed by atoms with E-state index in [9.17, 15) is 13.5 Å². The van der Waals surface area contributed by atoms with Gasteiger partial charge in [0.25, 0.3) is 0 Å². The lowest BCUT2D eigenvalue weighted by Gasteiger charge is -2.29. The molecule has 7 nitrogen and oxygen atoms in total. The largest absolute Gasteiger partial charge is 0.510 e. The number of hydrogen-bond donors (Lipinski definition) is 2. The zero-order valence-electron chi connectivity index (χ0n) is 17.2. The first-order chi connectivity index (χ1) is 15.4. The highest BCUT2D eigenvalue weighted by Gasteiger charge is 2.32. The molecule has 0 saturated carbocycles. The van der Waals surface area contributed by atoms with Crippen molar-refractivity contribution in [3.63, 3.8) is 0 Å². The van der Waals surface area contributed by atoms with Crippen LogP contribution in [-0.4, -0.2) is 43.2 Å². The fourth-order valence-corrected chi connectivity index (χ4v) is 6.58. The molecule has 0 atom stereocenters. The van der Waals surface area contributed by atoms with Gasteiger partial charge in [-0.25, -0.2) is 13.4 Å². The second kappa shape index (κ2) is 8.07. The van der Waals surface area contributed by atoms with Crippen LogP contribution in [0, 0.1) is 5.41 Å². The molecule has 9 heteroatoms. The van der Waals surface area contributed by atoms with Gasteiger partial charge in [-0.05, 0) is 31.0 Å². The number of nitrogens with zero attached hydrogens (tertiary/aromatic N) is 3. The standard InChI is InChI=1S/C23H22N4O3S2/c24-22-21(23-25-19(15-31-23)16-7-2-1-3-8-16)20(28)14-26(22)17-9-6-10-18(13-17)27-11-4-5-12-32(27,29)30/h1-3,6-10,13,15,24,28H,4-5,11-12,14H2. The van der Waals surface area contributed by atoms with Crippen molar-refractivity contribution in [1.82, 2.24) is 4.98 Å². The Balaban J connectivity index is 1.42. The predicted molar refractivity (Wildman–Crippen MR) is 129 cm³/mol. The van der Waals surface area contributed by atoms with Gasteiger partial charge < -0.3 is 10.0 Å². The molecule has 5 rings (SSSR count). The Hall–Kier alpha value is -3.17. The lowest BCUT2D eigenvalue weighted by Crippen LogP contribution is -2.38. The van der Waals surface area contributed by atoms with E-state index in [1.165, 1.54) is 15.6 Å². The van der Waals surface area contributed by atoms with Gasteiger partial charge >= 0.3 is 0 Å². The van der Waals surface area contributed by atoms with Gasteiger partial charge in [-0.1, -0.05) is 36.4 Å². The zero-order chi connectivity index (χ0) is 22.3. The molecule has 3 heterocycles. The first-order valence-electron chi connectivity index (χ1n) is 10.3. The Kier molecular flexibility index (Phi) is 5.22. The van der Waals surface area contributed by atoms with Crippen LogP contribution in [0.15, 0.2) is 65.7 Å². The molecule has 0 spiro atoms. The lowest BCUT2D eigenvalue weighted by atomic mass is 10.2. The number of hydrogen-bond acceptors (Lipinski definition) is 6. The van der Waals surface area contributed by atoms with E-state index in [1.807, 2.05) is 41.8 Å². The van der Waals surface area contributed by atoms with Crippen LogP contribution < -0.4 is 9.21 Å². The summed E-state index contributed by atoms with van der Waals surface area (Å²) in [7, 11) is -3.33. The van der Waals surface area contributed by atoms with E-state index in [2.05, 4.69) is 4.98 Å². The molecule has 2 N–H and O–H groups in total. The van der Waals surface area contributed by atoms with Crippen LogP contribution in [-0.2, 0) is 10.0 Å². The van der Waals surface area contributed by atoms with Gasteiger partial charge in [0.2, 0.25) is 10.0 Å². The Labute approximate surface area is 190 Å². The van der Waals surface area contributed by atoms with Crippen LogP contribution in [0.1, 0.15) is 17.8 Å². The van der Waals surface area contributed by atoms with Gasteiger partial charge in [-0.3, -0.25) is 9.71 Å². The van der Waals surface area contributed by atoms with Gasteiger partial charge in [0.15, 0.2) is 0 Å². The molecule has 1 saturated heterocycles. The van der Waals surface area contributed by atoms with Crippen LogP contribution in [0.2, 0.25) is 0 Å². The van der Waals surface area contributed by atoms with Crippen LogP contribution >= 0.6 is 11.3 Å². The van der Waals surface area contributed by atoms with Crippen molar-refractivity contribution in [2.45, 2.75) is 12.8 Å². The van der Waals surface area contributed by atoms with E-state index >= 15 is 0 Å². The molecule has 0 aliphatic carbocycles. The molecule has 2 aromatic carbocycles. The molecule has 2 aliphatic rings. The number of aliphatic hydroxyl groups excluding tert-OH is 1. The number of anilines is 2. The average molecular weight is 467 g/mol. The Morgan fingerprint density at radius 2 is 1.81 bits per heavy atom. The number of rotatable bonds is 4. The summed E-state index contributed by atoms with van der Waals surface area (Å²) in [6, 6.07) is 16.9. The van der Waals surface area contributed by atoms with Gasteiger partial charge in [-0.2, -0.15) is 0 Å². The molecule has 3 aromatic rings. The maximum absolute atomic E-state index is 12.5. The van der Waals surface area contributed by atoms with Crippen LogP contribution in [0.25, 0.3) is 16.8 Å². The van der Waals surface area contributed by atoms with Gasteiger partial charge in [-0.15, -0.1) is 11.3 Å². The van der Waals surface area contributed by atoms with Crippen molar-refractivity contribution in [1.29, 1.82) is 5.41 Å². The van der Waals surface area contributed by atoms with E-state index in [0.717, 1.165) is 17.7 Å². The van der Waals surface area contributed by atoms with Crippen molar-refractivity contribution in [3.05, 3.63) is 70.7 Å². The fourth-order valence-electron chi connectivity index (χ4n) is 4.05. The molecule has 1 aromatic heterocycles. The molecule has 0 amide bonds. The van der Waals surface area contributed by atoms with Crippen molar-refractivity contribution < 1.29 is 13.5 Å². The molecule has 32 heavy (non-hydrogen) atoms. The molecule has 2 aliphatic heterocycles. The van der Waals surface area contributed by atoms with Crippen molar-refractivity contribution in [3.8, 4) is 11.3 Å². The molecule has 0 bridgehead atoms. The van der Waals surface area contributed by atoms with E-state index in [0.29, 0.717) is 34.9 Å². The third kappa shape index (κ3) is 3.67. The highest BCUT2D eigenvalue weighted by Crippen LogP contribution is 2.36. The molecule has 0 unspecified atom stereocenters.